The van der Waals surface area contributed by atoms with Crippen LogP contribution in [-0.4, -0.2) is 47.5 Å². The van der Waals surface area contributed by atoms with Crippen LogP contribution in [0.25, 0.3) is 10.9 Å². The predicted molar refractivity (Wildman–Crippen MR) is 109 cm³/mol. The Labute approximate surface area is 160 Å². The highest BCUT2D eigenvalue weighted by Gasteiger charge is 2.16. The van der Waals surface area contributed by atoms with Gasteiger partial charge in [-0.05, 0) is 70.0 Å². The number of likely N-dealkylation sites (N-methyl/N-ethyl adjacent to an activating group) is 1. The van der Waals surface area contributed by atoms with Gasteiger partial charge in [0.05, 0.1) is 0 Å². The molecule has 1 atom stereocenters. The number of carbonyl (C=O) groups excluding carboxylic acids is 2. The Bertz CT molecular complexity index is 789. The molecular weight excluding hydrogens is 340 g/mol. The fourth-order valence-corrected chi connectivity index (χ4v) is 3.76. The Hall–Kier alpha value is -2.34. The summed E-state index contributed by atoms with van der Waals surface area (Å²) in [4.78, 5) is 26.4. The van der Waals surface area contributed by atoms with Gasteiger partial charge in [-0.15, -0.1) is 0 Å². The van der Waals surface area contributed by atoms with E-state index in [1.165, 1.54) is 6.42 Å². The molecule has 1 fully saturated rings. The summed E-state index contributed by atoms with van der Waals surface area (Å²) in [6.07, 6.45) is 4.60. The molecule has 0 saturated carbocycles. The second kappa shape index (κ2) is 9.04. The normalized spacial score (nSPS) is 16.6. The minimum atomic E-state index is 0.0670. The highest BCUT2D eigenvalue weighted by Crippen LogP contribution is 2.22. The van der Waals surface area contributed by atoms with E-state index < -0.39 is 0 Å². The van der Waals surface area contributed by atoms with Gasteiger partial charge >= 0.3 is 0 Å². The van der Waals surface area contributed by atoms with Crippen molar-refractivity contribution in [3.8, 4) is 0 Å². The number of nitrogens with zero attached hydrogens (tertiary/aromatic N) is 2. The van der Waals surface area contributed by atoms with Crippen molar-refractivity contribution in [3.63, 3.8) is 0 Å². The standard InChI is InChI=1S/C21H30N4O2/c1-3-24(4-2)21(27)15-25-12-10-17-13-18(6-7-19(17)25)23-20(26)8-5-16-9-11-22-14-16/h6-7,10,12-13,16,22H,3-5,8-9,11,14-15H2,1-2H3,(H,23,26). The van der Waals surface area contributed by atoms with Gasteiger partial charge < -0.3 is 20.1 Å². The van der Waals surface area contributed by atoms with Crippen LogP contribution in [0.5, 0.6) is 0 Å². The number of hydrogen-bond acceptors (Lipinski definition) is 3. The molecule has 1 aromatic heterocycles. The smallest absolute Gasteiger partial charge is 0.242 e. The molecule has 1 aromatic carbocycles. The zero-order valence-electron chi connectivity index (χ0n) is 16.3. The number of fused-ring (bicyclic) bond motifs is 1. The van der Waals surface area contributed by atoms with Crippen molar-refractivity contribution in [1.29, 1.82) is 0 Å². The van der Waals surface area contributed by atoms with Crippen LogP contribution in [0.4, 0.5) is 5.69 Å². The lowest BCUT2D eigenvalue weighted by molar-refractivity contribution is -0.131. The summed E-state index contributed by atoms with van der Waals surface area (Å²) in [5, 5.41) is 7.36. The topological polar surface area (TPSA) is 66.4 Å². The van der Waals surface area contributed by atoms with Gasteiger partial charge in [-0.1, -0.05) is 0 Å². The molecule has 0 aliphatic carbocycles. The monoisotopic (exact) mass is 370 g/mol. The van der Waals surface area contributed by atoms with Gasteiger partial charge in [-0.25, -0.2) is 0 Å². The van der Waals surface area contributed by atoms with Crippen molar-refractivity contribution < 1.29 is 9.59 Å². The Morgan fingerprint density at radius 2 is 2.07 bits per heavy atom. The quantitative estimate of drug-likeness (QED) is 0.751. The first kappa shape index (κ1) is 19.4. The van der Waals surface area contributed by atoms with Gasteiger partial charge in [0.2, 0.25) is 11.8 Å². The average Bonchev–Trinajstić information content (AvgIpc) is 3.31. The molecule has 146 valence electrons. The lowest BCUT2D eigenvalue weighted by Crippen LogP contribution is -2.33. The molecule has 3 rings (SSSR count). The van der Waals surface area contributed by atoms with Crippen molar-refractivity contribution in [2.45, 2.75) is 39.7 Å². The van der Waals surface area contributed by atoms with Crippen LogP contribution in [0.1, 0.15) is 33.1 Å². The third kappa shape index (κ3) is 4.89. The summed E-state index contributed by atoms with van der Waals surface area (Å²) in [6, 6.07) is 7.85. The molecule has 1 aliphatic rings. The molecular formula is C21H30N4O2. The summed E-state index contributed by atoms with van der Waals surface area (Å²) < 4.78 is 1.97. The number of amides is 2. The van der Waals surface area contributed by atoms with Crippen LogP contribution < -0.4 is 10.6 Å². The molecule has 2 aromatic rings. The zero-order chi connectivity index (χ0) is 19.2. The summed E-state index contributed by atoms with van der Waals surface area (Å²) in [6.45, 7) is 7.87. The first-order chi connectivity index (χ1) is 13.1. The Balaban J connectivity index is 1.60. The third-order valence-electron chi connectivity index (χ3n) is 5.42. The third-order valence-corrected chi connectivity index (χ3v) is 5.42. The number of carbonyl (C=O) groups is 2. The number of aromatic nitrogens is 1. The predicted octanol–water partition coefficient (Wildman–Crippen LogP) is 2.84. The maximum absolute atomic E-state index is 12.4. The van der Waals surface area contributed by atoms with E-state index in [0.29, 0.717) is 18.9 Å². The number of anilines is 1. The van der Waals surface area contributed by atoms with Crippen LogP contribution in [0.2, 0.25) is 0 Å². The minimum absolute atomic E-state index is 0.0670. The molecule has 0 bridgehead atoms. The van der Waals surface area contributed by atoms with E-state index in [0.717, 1.165) is 49.2 Å². The van der Waals surface area contributed by atoms with Gasteiger partial charge in [-0.2, -0.15) is 0 Å². The highest BCUT2D eigenvalue weighted by molar-refractivity contribution is 5.94. The van der Waals surface area contributed by atoms with Crippen molar-refractivity contribution in [2.24, 2.45) is 5.92 Å². The van der Waals surface area contributed by atoms with E-state index in [1.807, 2.05) is 53.8 Å². The lowest BCUT2D eigenvalue weighted by Gasteiger charge is -2.19. The first-order valence-corrected chi connectivity index (χ1v) is 9.98. The van der Waals surface area contributed by atoms with E-state index in [9.17, 15) is 9.59 Å². The van der Waals surface area contributed by atoms with Crippen LogP contribution in [0.3, 0.4) is 0 Å². The van der Waals surface area contributed by atoms with Crippen molar-refractivity contribution >= 4 is 28.4 Å². The number of hydrogen-bond donors (Lipinski definition) is 2. The zero-order valence-corrected chi connectivity index (χ0v) is 16.3. The Kier molecular flexibility index (Phi) is 6.50. The van der Waals surface area contributed by atoms with E-state index in [-0.39, 0.29) is 11.8 Å². The van der Waals surface area contributed by atoms with E-state index in [2.05, 4.69) is 10.6 Å². The molecule has 2 heterocycles. The molecule has 27 heavy (non-hydrogen) atoms. The summed E-state index contributed by atoms with van der Waals surface area (Å²) in [7, 11) is 0. The van der Waals surface area contributed by atoms with Gasteiger partial charge in [0, 0.05) is 42.3 Å². The maximum atomic E-state index is 12.4. The van der Waals surface area contributed by atoms with Crippen LogP contribution in [0, 0.1) is 5.92 Å². The molecule has 1 unspecified atom stereocenters. The summed E-state index contributed by atoms with van der Waals surface area (Å²) in [5.41, 5.74) is 1.82. The maximum Gasteiger partial charge on any atom is 0.242 e. The van der Waals surface area contributed by atoms with Gasteiger partial charge in [0.25, 0.3) is 0 Å². The summed E-state index contributed by atoms with van der Waals surface area (Å²) >= 11 is 0. The molecule has 6 heteroatoms. The molecule has 0 radical (unpaired) electrons. The van der Waals surface area contributed by atoms with Crippen LogP contribution in [0.15, 0.2) is 30.5 Å². The van der Waals surface area contributed by atoms with E-state index >= 15 is 0 Å². The minimum Gasteiger partial charge on any atom is -0.342 e. The van der Waals surface area contributed by atoms with Crippen LogP contribution in [-0.2, 0) is 16.1 Å². The highest BCUT2D eigenvalue weighted by atomic mass is 16.2. The molecule has 6 nitrogen and oxygen atoms in total. The van der Waals surface area contributed by atoms with Gasteiger partial charge in [0.1, 0.15) is 6.54 Å². The number of rotatable bonds is 8. The molecule has 0 spiro atoms. The first-order valence-electron chi connectivity index (χ1n) is 9.98. The SMILES string of the molecule is CCN(CC)C(=O)Cn1ccc2cc(NC(=O)CCC3CCNC3)ccc21. The summed E-state index contributed by atoms with van der Waals surface area (Å²) in [5.74, 6) is 0.810. The number of benzene rings is 1. The lowest BCUT2D eigenvalue weighted by atomic mass is 10.0. The van der Waals surface area contributed by atoms with E-state index in [1.54, 1.807) is 0 Å². The molecule has 1 aliphatic heterocycles. The van der Waals surface area contributed by atoms with Gasteiger partial charge in [0.15, 0.2) is 0 Å². The Morgan fingerprint density at radius 1 is 1.26 bits per heavy atom. The fourth-order valence-electron chi connectivity index (χ4n) is 3.76. The van der Waals surface area contributed by atoms with Crippen LogP contribution >= 0.6 is 0 Å². The van der Waals surface area contributed by atoms with Crippen molar-refractivity contribution in [2.75, 3.05) is 31.5 Å². The molecule has 1 saturated heterocycles. The largest absolute Gasteiger partial charge is 0.342 e. The van der Waals surface area contributed by atoms with E-state index in [4.69, 9.17) is 0 Å². The fraction of sp³-hybridized carbons (Fsp3) is 0.524. The number of nitrogens with one attached hydrogen (secondary N) is 2. The average molecular weight is 370 g/mol. The Morgan fingerprint density at radius 3 is 2.78 bits per heavy atom. The van der Waals surface area contributed by atoms with Crippen molar-refractivity contribution in [1.82, 2.24) is 14.8 Å². The second-order valence-corrected chi connectivity index (χ2v) is 7.23. The molecule has 2 amide bonds. The second-order valence-electron chi connectivity index (χ2n) is 7.23. The van der Waals surface area contributed by atoms with Gasteiger partial charge in [-0.3, -0.25) is 9.59 Å². The van der Waals surface area contributed by atoms with Crippen molar-refractivity contribution in [3.05, 3.63) is 30.5 Å². The molecule has 2 N–H and O–H groups in total.